The Kier molecular flexibility index (Phi) is 27.0. The number of aliphatic imine (C=N–C) groups is 1. The standard InChI is InChI=1S/C21H22FN3O2.C20H20FN3O2.C19H17FN4O3.C19H18FN3O2.C18H18FN3O2/c1-25(16-5-3-2-4-6-16)20-19(13-7-9-15(22)10-8-13)23-17-11-14(21(26)27)12-18(17)24-20;21-15-7-5-13(6-8-15)18-19(24-9-3-1-2-4-10-24)23-17-12-14(20(25)26)11-16(17)22-18;1-9(2)24(3)18-16(15-7-10-6-11(20)4-5-14(10)27-15)23-17-12(22-18)8-13(21-17)19(25)26;20-14-6-4-12(5-7-14)17-18(23-8-2-1-3-9-23)22-16-11-13(19(24)25)10-15(16)21-17;1-10(2)22(3)17-16(11-4-6-13(19)7-5-11)20-14-8-12(18(23)24)9-15(14)21-17/h7-11,16H,2-6,12H2,1H3,(H,26,27);5-8,11H,1-4,9-10,12H2,(H,25,26);4-7,9H,8H2,1-3H3,(H,25,26);4-7,10H,1-3,8-9,11H2,(H,24,25);4-8,10H,9H2,1-3H3,(H,23,24). The van der Waals surface area contributed by atoms with Crippen LogP contribution in [0.3, 0.4) is 0 Å². The quantitative estimate of drug-likeness (QED) is 0.0498. The van der Waals surface area contributed by atoms with Gasteiger partial charge in [0, 0.05) is 147 Å². The first-order valence-corrected chi connectivity index (χ1v) is 43.0. The average molecular weight is 1760 g/mol. The van der Waals surface area contributed by atoms with E-state index in [9.17, 15) is 71.5 Å². The molecule has 3 aliphatic heterocycles. The minimum Gasteiger partial charge on any atom is -0.478 e. The summed E-state index contributed by atoms with van der Waals surface area (Å²) in [6.45, 7) is 11.7. The number of hydrogen-bond acceptors (Lipinski definition) is 22. The van der Waals surface area contributed by atoms with Crippen LogP contribution in [0.4, 0.5) is 56.9 Å². The fraction of sp³-hybridized carbons (Fsp3) is 0.320. The second kappa shape index (κ2) is 38.9. The first kappa shape index (κ1) is 89.5. The van der Waals surface area contributed by atoms with Gasteiger partial charge in [-0.2, -0.15) is 0 Å². The second-order valence-corrected chi connectivity index (χ2v) is 33.3. The van der Waals surface area contributed by atoms with Gasteiger partial charge < -0.3 is 54.4 Å². The van der Waals surface area contributed by atoms with Crippen molar-refractivity contribution in [1.82, 2.24) is 49.8 Å². The predicted octanol–water partition coefficient (Wildman–Crippen LogP) is 17.8. The van der Waals surface area contributed by atoms with Crippen LogP contribution in [0.1, 0.15) is 156 Å². The number of halogens is 5. The lowest BCUT2D eigenvalue weighted by atomic mass is 9.94. The van der Waals surface area contributed by atoms with Crippen LogP contribution < -0.4 is 24.5 Å². The maximum Gasteiger partial charge on any atom is 0.350 e. The minimum absolute atomic E-state index is 0.00646. The largest absolute Gasteiger partial charge is 0.478 e. The van der Waals surface area contributed by atoms with Crippen LogP contribution in [0.15, 0.2) is 153 Å². The van der Waals surface area contributed by atoms with Crippen molar-refractivity contribution in [1.29, 1.82) is 0 Å². The lowest BCUT2D eigenvalue weighted by Gasteiger charge is -2.33. The van der Waals surface area contributed by atoms with Crippen LogP contribution >= 0.6 is 0 Å². The molecule has 5 aromatic carbocycles. The summed E-state index contributed by atoms with van der Waals surface area (Å²) in [4.78, 5) is 118. The molecule has 32 heteroatoms. The van der Waals surface area contributed by atoms with E-state index in [1.54, 1.807) is 85.0 Å². The molecule has 19 rings (SSSR count). The zero-order valence-electron chi connectivity index (χ0n) is 72.2. The highest BCUT2D eigenvalue weighted by Crippen LogP contribution is 2.42. The van der Waals surface area contributed by atoms with Crippen molar-refractivity contribution in [2.75, 3.05) is 71.8 Å². The van der Waals surface area contributed by atoms with Crippen LogP contribution in [0.25, 0.3) is 91.8 Å². The summed E-state index contributed by atoms with van der Waals surface area (Å²) in [5, 5.41) is 46.8. The third-order valence-corrected chi connectivity index (χ3v) is 23.9. The number of aromatic nitrogens is 10. The summed E-state index contributed by atoms with van der Waals surface area (Å²) in [7, 11) is 5.81. The zero-order valence-corrected chi connectivity index (χ0v) is 72.2. The van der Waals surface area contributed by atoms with Gasteiger partial charge in [0.2, 0.25) is 0 Å². The van der Waals surface area contributed by atoms with Crippen LogP contribution in [-0.2, 0) is 56.1 Å². The average Bonchev–Trinajstić information content (AvgIpc) is 1.71. The number of carbonyl (C=O) groups is 5. The summed E-state index contributed by atoms with van der Waals surface area (Å²) in [5.74, 6) is -2.25. The molecule has 27 nitrogen and oxygen atoms in total. The number of carboxylic acids is 5. The van der Waals surface area contributed by atoms with Crippen LogP contribution in [0.5, 0.6) is 0 Å². The molecule has 0 unspecified atom stereocenters. The smallest absolute Gasteiger partial charge is 0.350 e. The second-order valence-electron chi connectivity index (χ2n) is 33.3. The molecule has 129 heavy (non-hydrogen) atoms. The minimum atomic E-state index is -1.09. The van der Waals surface area contributed by atoms with E-state index in [4.69, 9.17) is 34.3 Å². The van der Waals surface area contributed by atoms with Gasteiger partial charge in [0.1, 0.15) is 63.2 Å². The van der Waals surface area contributed by atoms with Crippen LogP contribution in [0.2, 0.25) is 0 Å². The Bertz CT molecular complexity index is 6320. The fourth-order valence-electron chi connectivity index (χ4n) is 16.3. The molecular weight excluding hydrogens is 1660 g/mol. The molecule has 5 N–H and O–H groups in total. The number of hydrogen-bond donors (Lipinski definition) is 5. The third kappa shape index (κ3) is 20.4. The van der Waals surface area contributed by atoms with Gasteiger partial charge in [-0.3, -0.25) is 0 Å². The highest BCUT2D eigenvalue weighted by atomic mass is 19.1. The van der Waals surface area contributed by atoms with Gasteiger partial charge >= 0.3 is 29.8 Å². The van der Waals surface area contributed by atoms with Gasteiger partial charge in [-0.25, -0.2) is 101 Å². The fourth-order valence-corrected chi connectivity index (χ4v) is 16.3. The van der Waals surface area contributed by atoms with Gasteiger partial charge in [0.05, 0.1) is 51.2 Å². The van der Waals surface area contributed by atoms with E-state index in [-0.39, 0.29) is 77.5 Å². The number of benzene rings is 5. The van der Waals surface area contributed by atoms with E-state index in [2.05, 4.69) is 39.6 Å². The molecule has 0 bridgehead atoms. The summed E-state index contributed by atoms with van der Waals surface area (Å²) in [6, 6.07) is 31.3. The van der Waals surface area contributed by atoms with Gasteiger partial charge in [0.15, 0.2) is 46.4 Å². The molecule has 0 amide bonds. The Morgan fingerprint density at radius 2 is 0.713 bits per heavy atom. The lowest BCUT2D eigenvalue weighted by molar-refractivity contribution is -0.133. The molecule has 8 aliphatic rings. The molecule has 9 heterocycles. The van der Waals surface area contributed by atoms with Gasteiger partial charge in [-0.1, -0.05) is 32.1 Å². The number of anilines is 5. The van der Waals surface area contributed by atoms with E-state index in [0.29, 0.717) is 144 Å². The molecule has 0 spiro atoms. The monoisotopic (exact) mass is 1750 g/mol. The number of fused-ring (bicyclic) bond motifs is 6. The Hall–Kier alpha value is -14.3. The number of piperidine rings is 1. The van der Waals surface area contributed by atoms with Crippen molar-refractivity contribution in [3.05, 3.63) is 224 Å². The molecule has 11 aromatic rings. The van der Waals surface area contributed by atoms with Crippen molar-refractivity contribution >= 4 is 106 Å². The van der Waals surface area contributed by atoms with Crippen molar-refractivity contribution in [2.45, 2.75) is 155 Å². The normalized spacial score (nSPS) is 15.3. The summed E-state index contributed by atoms with van der Waals surface area (Å²) in [6.07, 6.45) is 21.4. The van der Waals surface area contributed by atoms with Crippen LogP contribution in [0, 0.1) is 29.1 Å². The highest BCUT2D eigenvalue weighted by molar-refractivity contribution is 6.37. The number of rotatable bonds is 18. The lowest BCUT2D eigenvalue weighted by Crippen LogP contribution is -2.34. The summed E-state index contributed by atoms with van der Waals surface area (Å²) < 4.78 is 72.6. The number of furan rings is 1. The maximum atomic E-state index is 13.5. The topological polar surface area (TPSA) is 357 Å². The van der Waals surface area contributed by atoms with Crippen molar-refractivity contribution in [3.8, 4) is 56.5 Å². The molecule has 0 atom stereocenters. The van der Waals surface area contributed by atoms with E-state index in [1.807, 2.05) is 58.6 Å². The molecule has 5 aliphatic carbocycles. The summed E-state index contributed by atoms with van der Waals surface area (Å²) in [5.41, 5.74) is 13.5. The Labute approximate surface area is 740 Å². The molecule has 6 aromatic heterocycles. The molecular formula is C97H95F5N16O11. The predicted molar refractivity (Wildman–Crippen MR) is 482 cm³/mol. The van der Waals surface area contributed by atoms with E-state index < -0.39 is 29.8 Å². The van der Waals surface area contributed by atoms with E-state index in [1.165, 1.54) is 99.2 Å². The molecule has 664 valence electrons. The molecule has 3 fully saturated rings. The number of nitrogens with zero attached hydrogens (tertiary/aromatic N) is 16. The third-order valence-electron chi connectivity index (χ3n) is 23.9. The van der Waals surface area contributed by atoms with E-state index in [0.717, 1.165) is 104 Å². The SMILES string of the molecule is CC(C)N(C)c1nc2c(nc1-c1cc3cc(F)ccc3o1)N=C(C(=O)O)C2.CC(C)N(C)c1nc2c(nc1-c1ccc(F)cc1)C=C(C(=O)O)C2.CN(c1nc2c(nc1-c1ccc(F)cc1)C=C(C(=O)O)C2)C1CCCCC1.O=C(O)C1=Cc2nc(-c3ccc(F)cc3)c(N3CCCCC3)nc2C1.O=C(O)C1=Cc2nc(-c3ccc(F)cc3)c(N3CCCCCC3)nc2C1. The number of aliphatic carboxylic acids is 5. The number of carboxylic acid groups (broad SMARTS) is 5. The van der Waals surface area contributed by atoms with E-state index >= 15 is 0 Å². The summed E-state index contributed by atoms with van der Waals surface area (Å²) >= 11 is 0. The Morgan fingerprint density at radius 3 is 1.11 bits per heavy atom. The Balaban J connectivity index is 0.000000124. The zero-order chi connectivity index (χ0) is 91.2. The maximum absolute atomic E-state index is 13.5. The first-order chi connectivity index (χ1) is 61.9. The molecule has 0 radical (unpaired) electrons. The molecule has 1 saturated carbocycles. The first-order valence-electron chi connectivity index (χ1n) is 43.0. The van der Waals surface area contributed by atoms with Crippen molar-refractivity contribution < 1.29 is 75.9 Å². The van der Waals surface area contributed by atoms with Gasteiger partial charge in [-0.15, -0.1) is 0 Å². The van der Waals surface area contributed by atoms with Crippen molar-refractivity contribution in [2.24, 2.45) is 4.99 Å². The Morgan fingerprint density at radius 1 is 0.372 bits per heavy atom. The molecule has 2 saturated heterocycles. The highest BCUT2D eigenvalue weighted by Gasteiger charge is 2.34. The van der Waals surface area contributed by atoms with Gasteiger partial charge in [0.25, 0.3) is 0 Å². The van der Waals surface area contributed by atoms with Crippen molar-refractivity contribution in [3.63, 3.8) is 0 Å². The van der Waals surface area contributed by atoms with Gasteiger partial charge in [-0.05, 0) is 218 Å². The van der Waals surface area contributed by atoms with Crippen LogP contribution in [-0.4, -0.2) is 176 Å².